The predicted octanol–water partition coefficient (Wildman–Crippen LogP) is 0.837. The Kier molecular flexibility index (Phi) is 5.69. The number of rotatable bonds is 5. The highest BCUT2D eigenvalue weighted by molar-refractivity contribution is 6.33. The number of carbonyl (C=O) groups is 2. The normalized spacial score (nSPS) is 9.45. The smallest absolute Gasteiger partial charge is 0.342 e. The van der Waals surface area contributed by atoms with Crippen molar-refractivity contribution in [3.8, 4) is 18.1 Å². The molecule has 1 rings (SSSR count). The van der Waals surface area contributed by atoms with Gasteiger partial charge in [0.05, 0.1) is 24.4 Å². The molecule has 106 valence electrons. The Morgan fingerprint density at radius 1 is 1.50 bits per heavy atom. The first-order valence-electron chi connectivity index (χ1n) is 5.50. The molecule has 0 spiro atoms. The summed E-state index contributed by atoms with van der Waals surface area (Å²) in [5, 5.41) is 2.55. The first-order chi connectivity index (χ1) is 9.49. The summed E-state index contributed by atoms with van der Waals surface area (Å²) in [7, 11) is 1.37. The summed E-state index contributed by atoms with van der Waals surface area (Å²) in [5.41, 5.74) is 5.95. The maximum atomic E-state index is 11.8. The Hall–Kier alpha value is -2.39. The minimum Gasteiger partial charge on any atom is -0.496 e. The van der Waals surface area contributed by atoms with Gasteiger partial charge in [0.25, 0.3) is 5.91 Å². The lowest BCUT2D eigenvalue weighted by molar-refractivity contribution is -0.123. The molecule has 0 aliphatic heterocycles. The van der Waals surface area contributed by atoms with Gasteiger partial charge in [-0.1, -0.05) is 17.5 Å². The summed E-state index contributed by atoms with van der Waals surface area (Å²) in [4.78, 5) is 23.1. The van der Waals surface area contributed by atoms with Crippen LogP contribution in [0.2, 0.25) is 5.02 Å². The van der Waals surface area contributed by atoms with Gasteiger partial charge in [0, 0.05) is 6.07 Å². The van der Waals surface area contributed by atoms with E-state index in [1.807, 2.05) is 0 Å². The minimum atomic E-state index is -0.750. The van der Waals surface area contributed by atoms with E-state index in [0.29, 0.717) is 0 Å². The number of methoxy groups -OCH3 is 1. The highest BCUT2D eigenvalue weighted by Crippen LogP contribution is 2.29. The Balaban J connectivity index is 2.75. The van der Waals surface area contributed by atoms with Crippen molar-refractivity contribution in [3.05, 3.63) is 22.7 Å². The fraction of sp³-hybridized carbons (Fsp3) is 0.231. The number of hydrogen-bond acceptors (Lipinski definition) is 5. The van der Waals surface area contributed by atoms with Crippen molar-refractivity contribution in [2.24, 2.45) is 0 Å². The third-order valence-electron chi connectivity index (χ3n) is 2.26. The number of nitrogens with two attached hydrogens (primary N) is 1. The van der Waals surface area contributed by atoms with Crippen molar-refractivity contribution >= 4 is 29.2 Å². The van der Waals surface area contributed by atoms with Crippen LogP contribution in [0, 0.1) is 12.3 Å². The van der Waals surface area contributed by atoms with Crippen molar-refractivity contribution in [2.75, 3.05) is 26.0 Å². The average Bonchev–Trinajstić information content (AvgIpc) is 2.44. The Bertz CT molecular complexity index is 566. The topological polar surface area (TPSA) is 90.7 Å². The van der Waals surface area contributed by atoms with Crippen molar-refractivity contribution in [2.45, 2.75) is 0 Å². The number of esters is 1. The largest absolute Gasteiger partial charge is 0.496 e. The molecule has 6 nitrogen and oxygen atoms in total. The first-order valence-corrected chi connectivity index (χ1v) is 5.87. The summed E-state index contributed by atoms with van der Waals surface area (Å²) in [6, 6.07) is 2.72. The van der Waals surface area contributed by atoms with Gasteiger partial charge in [-0.2, -0.15) is 0 Å². The van der Waals surface area contributed by atoms with Crippen LogP contribution in [0.25, 0.3) is 0 Å². The Labute approximate surface area is 121 Å². The van der Waals surface area contributed by atoms with Gasteiger partial charge in [-0.25, -0.2) is 4.79 Å². The third kappa shape index (κ3) is 4.07. The van der Waals surface area contributed by atoms with Crippen molar-refractivity contribution < 1.29 is 19.1 Å². The SMILES string of the molecule is C#CCNC(=O)COC(=O)c1cc(Cl)c(N)cc1OC. The van der Waals surface area contributed by atoms with Gasteiger partial charge in [0.1, 0.15) is 11.3 Å². The summed E-state index contributed by atoms with van der Waals surface area (Å²) in [6.07, 6.45) is 4.98. The van der Waals surface area contributed by atoms with Crippen LogP contribution in [0.4, 0.5) is 5.69 Å². The van der Waals surface area contributed by atoms with E-state index in [1.165, 1.54) is 19.2 Å². The number of anilines is 1. The fourth-order valence-corrected chi connectivity index (χ4v) is 1.47. The maximum Gasteiger partial charge on any atom is 0.342 e. The quantitative estimate of drug-likeness (QED) is 0.477. The number of carbonyl (C=O) groups excluding carboxylic acids is 2. The molecule has 1 amide bonds. The zero-order valence-electron chi connectivity index (χ0n) is 10.7. The summed E-state index contributed by atoms with van der Waals surface area (Å²) in [5.74, 6) is 1.18. The second-order valence-electron chi connectivity index (χ2n) is 3.63. The fourth-order valence-electron chi connectivity index (χ4n) is 1.31. The molecule has 7 heteroatoms. The van der Waals surface area contributed by atoms with E-state index in [4.69, 9.17) is 33.2 Å². The molecule has 0 atom stereocenters. The monoisotopic (exact) mass is 296 g/mol. The van der Waals surface area contributed by atoms with E-state index in [9.17, 15) is 9.59 Å². The number of halogens is 1. The molecule has 0 aliphatic carbocycles. The van der Waals surface area contributed by atoms with Crippen LogP contribution >= 0.6 is 11.6 Å². The lowest BCUT2D eigenvalue weighted by Crippen LogP contribution is -2.29. The molecule has 1 aromatic carbocycles. The zero-order chi connectivity index (χ0) is 15.1. The highest BCUT2D eigenvalue weighted by Gasteiger charge is 2.17. The molecule has 20 heavy (non-hydrogen) atoms. The van der Waals surface area contributed by atoms with Crippen molar-refractivity contribution in [1.29, 1.82) is 0 Å². The van der Waals surface area contributed by atoms with Crippen LogP contribution in [-0.2, 0) is 9.53 Å². The molecular formula is C13H13ClN2O4. The second kappa shape index (κ2) is 7.26. The van der Waals surface area contributed by atoms with Gasteiger partial charge in [-0.05, 0) is 6.07 Å². The van der Waals surface area contributed by atoms with E-state index >= 15 is 0 Å². The number of benzene rings is 1. The molecule has 0 saturated carbocycles. The lowest BCUT2D eigenvalue weighted by atomic mass is 10.2. The van der Waals surface area contributed by atoms with E-state index < -0.39 is 18.5 Å². The van der Waals surface area contributed by atoms with Crippen LogP contribution < -0.4 is 15.8 Å². The van der Waals surface area contributed by atoms with E-state index in [2.05, 4.69) is 11.2 Å². The number of hydrogen-bond donors (Lipinski definition) is 2. The molecule has 0 heterocycles. The van der Waals surface area contributed by atoms with E-state index in [1.54, 1.807) is 0 Å². The van der Waals surface area contributed by atoms with Crippen molar-refractivity contribution in [3.63, 3.8) is 0 Å². The minimum absolute atomic E-state index is 0.0629. The summed E-state index contributed by atoms with van der Waals surface area (Å²) < 4.78 is 9.83. The van der Waals surface area contributed by atoms with Crippen LogP contribution in [0.5, 0.6) is 5.75 Å². The van der Waals surface area contributed by atoms with Gasteiger partial charge >= 0.3 is 5.97 Å². The molecule has 0 fully saturated rings. The predicted molar refractivity (Wildman–Crippen MR) is 74.5 cm³/mol. The van der Waals surface area contributed by atoms with Crippen LogP contribution in [0.3, 0.4) is 0 Å². The Morgan fingerprint density at radius 2 is 2.20 bits per heavy atom. The Morgan fingerprint density at radius 3 is 2.80 bits per heavy atom. The summed E-state index contributed by atoms with van der Waals surface area (Å²) in [6.45, 7) is -0.390. The average molecular weight is 297 g/mol. The van der Waals surface area contributed by atoms with Crippen LogP contribution in [0.15, 0.2) is 12.1 Å². The van der Waals surface area contributed by atoms with Crippen LogP contribution in [-0.4, -0.2) is 32.1 Å². The number of terminal acetylenes is 1. The summed E-state index contributed by atoms with van der Waals surface area (Å²) >= 11 is 5.83. The molecule has 1 aromatic rings. The second-order valence-corrected chi connectivity index (χ2v) is 4.04. The lowest BCUT2D eigenvalue weighted by Gasteiger charge is -2.10. The van der Waals surface area contributed by atoms with Gasteiger partial charge in [0.2, 0.25) is 0 Å². The highest BCUT2D eigenvalue weighted by atomic mass is 35.5. The molecular weight excluding hydrogens is 284 g/mol. The maximum absolute atomic E-state index is 11.8. The van der Waals surface area contributed by atoms with E-state index in [-0.39, 0.29) is 28.6 Å². The number of ether oxygens (including phenoxy) is 2. The number of nitrogens with one attached hydrogen (secondary N) is 1. The van der Waals surface area contributed by atoms with Gasteiger partial charge in [-0.3, -0.25) is 4.79 Å². The molecule has 0 bridgehead atoms. The van der Waals surface area contributed by atoms with Gasteiger partial charge < -0.3 is 20.5 Å². The molecule has 0 unspecified atom stereocenters. The number of nitrogen functional groups attached to an aromatic ring is 1. The van der Waals surface area contributed by atoms with Gasteiger partial charge in [0.15, 0.2) is 6.61 Å². The number of amides is 1. The van der Waals surface area contributed by atoms with Crippen molar-refractivity contribution in [1.82, 2.24) is 5.32 Å². The molecule has 0 radical (unpaired) electrons. The molecule has 0 aromatic heterocycles. The molecule has 3 N–H and O–H groups in total. The van der Waals surface area contributed by atoms with E-state index in [0.717, 1.165) is 0 Å². The molecule has 0 saturated heterocycles. The van der Waals surface area contributed by atoms with Gasteiger partial charge in [-0.15, -0.1) is 6.42 Å². The molecule has 0 aliphatic rings. The first kappa shape index (κ1) is 15.7. The van der Waals surface area contributed by atoms with Crippen LogP contribution in [0.1, 0.15) is 10.4 Å². The standard InChI is InChI=1S/C13H13ClN2O4/c1-3-4-16-12(17)7-20-13(18)8-5-9(14)10(15)6-11(8)19-2/h1,5-6H,4,7,15H2,2H3,(H,16,17). The zero-order valence-corrected chi connectivity index (χ0v) is 11.5. The third-order valence-corrected chi connectivity index (χ3v) is 2.59.